The van der Waals surface area contributed by atoms with Crippen LogP contribution in [0.2, 0.25) is 0 Å². The van der Waals surface area contributed by atoms with Crippen LogP contribution in [-0.4, -0.2) is 28.3 Å². The minimum atomic E-state index is -0.924. The lowest BCUT2D eigenvalue weighted by Crippen LogP contribution is -2.13. The number of carbonyl (C=O) groups is 2. The molecule has 25 heavy (non-hydrogen) atoms. The van der Waals surface area contributed by atoms with Gasteiger partial charge in [-0.15, -0.1) is 0 Å². The number of hydrogen-bond donors (Lipinski definition) is 2. The highest BCUT2D eigenvalue weighted by Gasteiger charge is 2.17. The van der Waals surface area contributed by atoms with Crippen molar-refractivity contribution in [3.05, 3.63) is 71.0 Å². The molecule has 0 unspecified atom stereocenters. The molecule has 0 aliphatic heterocycles. The first kappa shape index (κ1) is 16.8. The van der Waals surface area contributed by atoms with E-state index in [4.69, 9.17) is 5.11 Å². The fraction of sp³-hybridized carbons (Fsp3) is 0.200. The highest BCUT2D eigenvalue weighted by molar-refractivity contribution is 5.84. The van der Waals surface area contributed by atoms with Gasteiger partial charge in [0.05, 0.1) is 11.2 Å². The molecule has 5 heteroatoms. The maximum atomic E-state index is 11.2. The van der Waals surface area contributed by atoms with Crippen molar-refractivity contribution in [3.8, 4) is 0 Å². The third-order valence-corrected chi connectivity index (χ3v) is 4.39. The topological polar surface area (TPSA) is 70.8 Å². The number of benzene rings is 1. The molecule has 0 fully saturated rings. The normalized spacial score (nSPS) is 10.8. The van der Waals surface area contributed by atoms with Gasteiger partial charge in [-0.05, 0) is 35.7 Å². The fourth-order valence-corrected chi connectivity index (χ4v) is 3.23. The van der Waals surface area contributed by atoms with Crippen molar-refractivity contribution < 1.29 is 14.7 Å². The largest absolute Gasteiger partial charge is 0.480 e. The third-order valence-electron chi connectivity index (χ3n) is 4.39. The predicted octanol–water partition coefficient (Wildman–Crippen LogP) is 3.08. The summed E-state index contributed by atoms with van der Waals surface area (Å²) in [5, 5.41) is 11.9. The molecule has 0 aliphatic rings. The van der Waals surface area contributed by atoms with E-state index < -0.39 is 5.97 Å². The number of carboxylic acids is 1. The Hall–Kier alpha value is -3.08. The highest BCUT2D eigenvalue weighted by atomic mass is 16.4. The van der Waals surface area contributed by atoms with Gasteiger partial charge in [0.25, 0.3) is 0 Å². The maximum Gasteiger partial charge on any atom is 0.322 e. The maximum absolute atomic E-state index is 11.2. The number of aldehydes is 1. The third kappa shape index (κ3) is 3.40. The van der Waals surface area contributed by atoms with Crippen molar-refractivity contribution in [1.29, 1.82) is 0 Å². The van der Waals surface area contributed by atoms with E-state index in [1.165, 1.54) is 5.56 Å². The Morgan fingerprint density at radius 2 is 1.96 bits per heavy atom. The molecular weight excluding hydrogens is 316 g/mol. The van der Waals surface area contributed by atoms with Gasteiger partial charge in [0, 0.05) is 24.7 Å². The number of carbonyl (C=O) groups excluding carboxylic acids is 1. The van der Waals surface area contributed by atoms with Crippen LogP contribution >= 0.6 is 0 Å². The number of carboxylic acid groups (broad SMARTS) is 1. The van der Waals surface area contributed by atoms with Gasteiger partial charge < -0.3 is 19.6 Å². The first-order chi connectivity index (χ1) is 12.1. The van der Waals surface area contributed by atoms with Crippen molar-refractivity contribution in [3.63, 3.8) is 0 Å². The zero-order valence-corrected chi connectivity index (χ0v) is 14.0. The number of hydrogen-bond acceptors (Lipinski definition) is 3. The number of fused-ring (bicyclic) bond motifs is 1. The van der Waals surface area contributed by atoms with E-state index in [-0.39, 0.29) is 6.54 Å². The lowest BCUT2D eigenvalue weighted by Gasteiger charge is -2.09. The van der Waals surface area contributed by atoms with Gasteiger partial charge in [-0.2, -0.15) is 0 Å². The number of rotatable bonds is 7. The van der Waals surface area contributed by atoms with Gasteiger partial charge in [-0.25, -0.2) is 0 Å². The summed E-state index contributed by atoms with van der Waals surface area (Å²) in [6.07, 6.45) is 3.90. The smallest absolute Gasteiger partial charge is 0.322 e. The SMILES string of the molecule is Cc1c(CC=O)c2c(NCC(=O)O)cccn2c1Cc1ccccc1. The summed E-state index contributed by atoms with van der Waals surface area (Å²) < 4.78 is 2.06. The molecule has 0 amide bonds. The number of pyridine rings is 1. The average molecular weight is 336 g/mol. The summed E-state index contributed by atoms with van der Waals surface area (Å²) >= 11 is 0. The second-order valence-electron chi connectivity index (χ2n) is 5.97. The molecule has 0 aliphatic carbocycles. The fourth-order valence-electron chi connectivity index (χ4n) is 3.23. The van der Waals surface area contributed by atoms with Crippen LogP contribution in [0.4, 0.5) is 5.69 Å². The van der Waals surface area contributed by atoms with Crippen LogP contribution in [0.1, 0.15) is 22.4 Å². The van der Waals surface area contributed by atoms with E-state index in [2.05, 4.69) is 21.9 Å². The van der Waals surface area contributed by atoms with Gasteiger partial charge in [0.2, 0.25) is 0 Å². The zero-order chi connectivity index (χ0) is 17.8. The van der Waals surface area contributed by atoms with Crippen LogP contribution in [0.15, 0.2) is 48.7 Å². The monoisotopic (exact) mass is 336 g/mol. The number of aromatic nitrogens is 1. The van der Waals surface area contributed by atoms with Gasteiger partial charge in [0.1, 0.15) is 12.8 Å². The molecule has 2 aromatic heterocycles. The molecule has 0 saturated carbocycles. The van der Waals surface area contributed by atoms with E-state index in [0.29, 0.717) is 6.42 Å². The summed E-state index contributed by atoms with van der Waals surface area (Å²) in [4.78, 5) is 22.1. The predicted molar refractivity (Wildman–Crippen MR) is 97.3 cm³/mol. The Labute approximate surface area is 145 Å². The van der Waals surface area contributed by atoms with Gasteiger partial charge in [-0.3, -0.25) is 4.79 Å². The van der Waals surface area contributed by atoms with Crippen LogP contribution in [0.5, 0.6) is 0 Å². The van der Waals surface area contributed by atoms with Gasteiger partial charge >= 0.3 is 5.97 Å². The molecule has 0 radical (unpaired) electrons. The van der Waals surface area contributed by atoms with E-state index in [1.807, 2.05) is 43.5 Å². The Kier molecular flexibility index (Phi) is 4.84. The molecule has 2 heterocycles. The zero-order valence-electron chi connectivity index (χ0n) is 14.0. The second kappa shape index (κ2) is 7.21. The highest BCUT2D eigenvalue weighted by Crippen LogP contribution is 2.30. The van der Waals surface area contributed by atoms with E-state index in [0.717, 1.165) is 40.7 Å². The van der Waals surface area contributed by atoms with Crippen molar-refractivity contribution in [2.24, 2.45) is 0 Å². The first-order valence-corrected chi connectivity index (χ1v) is 8.16. The van der Waals surface area contributed by atoms with Crippen LogP contribution in [0.3, 0.4) is 0 Å². The lowest BCUT2D eigenvalue weighted by atomic mass is 10.0. The molecule has 0 spiro atoms. The minimum absolute atomic E-state index is 0.168. The summed E-state index contributed by atoms with van der Waals surface area (Å²) in [5.41, 5.74) is 5.90. The molecule has 3 aromatic rings. The Morgan fingerprint density at radius 1 is 1.20 bits per heavy atom. The summed E-state index contributed by atoms with van der Waals surface area (Å²) in [6.45, 7) is 1.85. The van der Waals surface area contributed by atoms with Crippen LogP contribution in [0.25, 0.3) is 5.52 Å². The number of aliphatic carboxylic acids is 1. The summed E-state index contributed by atoms with van der Waals surface area (Å²) in [5.74, 6) is -0.924. The van der Waals surface area contributed by atoms with Crippen molar-refractivity contribution in [2.75, 3.05) is 11.9 Å². The summed E-state index contributed by atoms with van der Waals surface area (Å²) in [6, 6.07) is 13.9. The van der Waals surface area contributed by atoms with Crippen molar-refractivity contribution in [2.45, 2.75) is 19.8 Å². The van der Waals surface area contributed by atoms with E-state index in [1.54, 1.807) is 0 Å². The number of nitrogens with zero attached hydrogens (tertiary/aromatic N) is 1. The number of nitrogens with one attached hydrogen (secondary N) is 1. The van der Waals surface area contributed by atoms with Crippen molar-refractivity contribution >= 4 is 23.5 Å². The van der Waals surface area contributed by atoms with Gasteiger partial charge in [-0.1, -0.05) is 30.3 Å². The van der Waals surface area contributed by atoms with Crippen LogP contribution in [0, 0.1) is 6.92 Å². The van der Waals surface area contributed by atoms with Gasteiger partial charge in [0.15, 0.2) is 0 Å². The molecule has 128 valence electrons. The Bertz CT molecular complexity index is 914. The standard InChI is InChI=1S/C20H20N2O3/c1-14-16(9-11-23)20-17(21-13-19(24)25)8-5-10-22(20)18(14)12-15-6-3-2-4-7-15/h2-8,10-11,21H,9,12-13H2,1H3,(H,24,25). The second-order valence-corrected chi connectivity index (χ2v) is 5.97. The van der Waals surface area contributed by atoms with Crippen LogP contribution < -0.4 is 5.32 Å². The van der Waals surface area contributed by atoms with Crippen LogP contribution in [-0.2, 0) is 22.4 Å². The Morgan fingerprint density at radius 3 is 2.64 bits per heavy atom. The molecule has 0 atom stereocenters. The quantitative estimate of drug-likeness (QED) is 0.651. The molecule has 0 bridgehead atoms. The first-order valence-electron chi connectivity index (χ1n) is 8.16. The van der Waals surface area contributed by atoms with E-state index >= 15 is 0 Å². The molecule has 2 N–H and O–H groups in total. The lowest BCUT2D eigenvalue weighted by molar-refractivity contribution is -0.134. The minimum Gasteiger partial charge on any atom is -0.480 e. The number of anilines is 1. The summed E-state index contributed by atoms with van der Waals surface area (Å²) in [7, 11) is 0. The Balaban J connectivity index is 2.14. The molecule has 1 aromatic carbocycles. The molecule has 0 saturated heterocycles. The van der Waals surface area contributed by atoms with Crippen molar-refractivity contribution in [1.82, 2.24) is 4.40 Å². The average Bonchev–Trinajstić information content (AvgIpc) is 2.87. The molecule has 5 nitrogen and oxygen atoms in total. The molecule has 3 rings (SSSR count). The molecular formula is C20H20N2O3. The van der Waals surface area contributed by atoms with E-state index in [9.17, 15) is 9.59 Å².